The Hall–Kier alpha value is -4.38. The number of halogens is 3. The Bertz CT molecular complexity index is 1510. The fourth-order valence-electron chi connectivity index (χ4n) is 6.45. The van der Waals surface area contributed by atoms with E-state index in [0.29, 0.717) is 75.9 Å². The van der Waals surface area contributed by atoms with Gasteiger partial charge in [-0.25, -0.2) is 14.6 Å². The second-order valence-electron chi connectivity index (χ2n) is 15.9. The predicted octanol–water partition coefficient (Wildman–Crippen LogP) is 6.23. The van der Waals surface area contributed by atoms with Gasteiger partial charge in [-0.15, -0.1) is 5.10 Å². The monoisotopic (exact) mass is 766 g/mol. The van der Waals surface area contributed by atoms with E-state index in [1.54, 1.807) is 28.0 Å². The minimum Gasteiger partial charge on any atom is -0.444 e. The predicted molar refractivity (Wildman–Crippen MR) is 196 cm³/mol. The van der Waals surface area contributed by atoms with Crippen molar-refractivity contribution in [2.24, 2.45) is 0 Å². The van der Waals surface area contributed by atoms with Crippen molar-refractivity contribution in [1.82, 2.24) is 39.7 Å². The summed E-state index contributed by atoms with van der Waals surface area (Å²) in [6.07, 6.45) is 4.90. The molecular weight excluding hydrogens is 709 g/mol. The van der Waals surface area contributed by atoms with Gasteiger partial charge in [0.25, 0.3) is 0 Å². The quantitative estimate of drug-likeness (QED) is 0.224. The van der Waals surface area contributed by atoms with Crippen molar-refractivity contribution in [3.8, 4) is 0 Å². The molecule has 3 amide bonds. The van der Waals surface area contributed by atoms with Crippen LogP contribution in [0.2, 0.25) is 0 Å². The van der Waals surface area contributed by atoms with Crippen LogP contribution in [0.25, 0.3) is 0 Å². The summed E-state index contributed by atoms with van der Waals surface area (Å²) in [4.78, 5) is 51.0. The van der Waals surface area contributed by atoms with Gasteiger partial charge in [-0.05, 0) is 86.1 Å². The lowest BCUT2D eigenvalue weighted by Gasteiger charge is -2.36. The standard InChI is InChI=1S/C36H57F3N10O5/c1-34(2,3)53-32(51)47(19-11-21-49(28-12-8-7-9-13-28)33(52)54-35(4,5)6)18-10-20-48-25-27(44-45-48)24-41-31-40-17-14-29(43-31)42-26-15-22-46(23-16-26)30(50)36(37,38)39/h14,17,25-26,28H,7-13,15-16,18-24H2,1-6H3,(H2,40,41,42,43). The van der Waals surface area contributed by atoms with Crippen LogP contribution in [0.3, 0.4) is 0 Å². The van der Waals surface area contributed by atoms with E-state index >= 15 is 0 Å². The number of anilines is 2. The number of rotatable bonds is 14. The molecule has 4 rings (SSSR count). The Labute approximate surface area is 315 Å². The van der Waals surface area contributed by atoms with E-state index in [4.69, 9.17) is 9.47 Å². The van der Waals surface area contributed by atoms with E-state index in [2.05, 4.69) is 30.9 Å². The zero-order valence-electron chi connectivity index (χ0n) is 32.5. The molecule has 0 aromatic carbocycles. The highest BCUT2D eigenvalue weighted by Gasteiger charge is 2.43. The molecule has 0 radical (unpaired) electrons. The Morgan fingerprint density at radius 1 is 0.889 bits per heavy atom. The summed E-state index contributed by atoms with van der Waals surface area (Å²) in [6.45, 7) is 13.2. The van der Waals surface area contributed by atoms with Crippen molar-refractivity contribution >= 4 is 29.9 Å². The Morgan fingerprint density at radius 3 is 2.19 bits per heavy atom. The molecular formula is C36H57F3N10O5. The zero-order valence-corrected chi connectivity index (χ0v) is 32.5. The van der Waals surface area contributed by atoms with E-state index in [9.17, 15) is 27.6 Å². The summed E-state index contributed by atoms with van der Waals surface area (Å²) in [5.74, 6) is -0.960. The van der Waals surface area contributed by atoms with Gasteiger partial charge in [-0.2, -0.15) is 18.2 Å². The molecule has 0 spiro atoms. The Balaban J connectivity index is 1.25. The Morgan fingerprint density at radius 2 is 1.54 bits per heavy atom. The van der Waals surface area contributed by atoms with E-state index < -0.39 is 29.4 Å². The van der Waals surface area contributed by atoms with Gasteiger partial charge in [0, 0.05) is 57.5 Å². The molecule has 2 N–H and O–H groups in total. The topological polar surface area (TPSA) is 160 Å². The number of carbonyl (C=O) groups is 3. The van der Waals surface area contributed by atoms with E-state index in [0.717, 1.165) is 30.6 Å². The average Bonchev–Trinajstić information content (AvgIpc) is 3.54. The second-order valence-corrected chi connectivity index (χ2v) is 15.9. The third-order valence-corrected chi connectivity index (χ3v) is 8.98. The third kappa shape index (κ3) is 14.1. The first-order chi connectivity index (χ1) is 25.4. The zero-order chi connectivity index (χ0) is 39.5. The second kappa shape index (κ2) is 18.8. The van der Waals surface area contributed by atoms with Crippen LogP contribution in [0.15, 0.2) is 18.5 Å². The minimum atomic E-state index is -4.87. The molecule has 0 atom stereocenters. The summed E-state index contributed by atoms with van der Waals surface area (Å²) in [7, 11) is 0. The number of aryl methyl sites for hydroxylation is 1. The van der Waals surface area contributed by atoms with Crippen molar-refractivity contribution in [2.45, 2.75) is 142 Å². The van der Waals surface area contributed by atoms with Gasteiger partial charge in [0.2, 0.25) is 5.95 Å². The Kier molecular flexibility index (Phi) is 14.7. The first-order valence-electron chi connectivity index (χ1n) is 18.9. The smallest absolute Gasteiger partial charge is 0.444 e. The normalized spacial score (nSPS) is 16.1. The summed E-state index contributed by atoms with van der Waals surface area (Å²) < 4.78 is 51.4. The first kappa shape index (κ1) is 42.4. The van der Waals surface area contributed by atoms with E-state index in [1.165, 1.54) is 6.42 Å². The molecule has 2 fully saturated rings. The maximum absolute atomic E-state index is 13.2. The van der Waals surface area contributed by atoms with Crippen molar-refractivity contribution in [3.05, 3.63) is 24.2 Å². The lowest BCUT2D eigenvalue weighted by Crippen LogP contribution is -2.47. The van der Waals surface area contributed by atoms with Gasteiger partial charge in [0.15, 0.2) is 0 Å². The minimum absolute atomic E-state index is 0.00979. The molecule has 2 aromatic rings. The van der Waals surface area contributed by atoms with Crippen LogP contribution in [0, 0.1) is 0 Å². The molecule has 3 heterocycles. The van der Waals surface area contributed by atoms with Gasteiger partial charge in [0.05, 0.1) is 12.7 Å². The summed E-state index contributed by atoms with van der Waals surface area (Å²) in [6, 6.07) is 1.67. The molecule has 0 unspecified atom stereocenters. The van der Waals surface area contributed by atoms with Crippen LogP contribution in [-0.4, -0.2) is 120 Å². The third-order valence-electron chi connectivity index (χ3n) is 8.98. The van der Waals surface area contributed by atoms with Gasteiger partial charge < -0.3 is 34.8 Å². The maximum Gasteiger partial charge on any atom is 0.471 e. The number of hydrogen-bond donors (Lipinski definition) is 2. The molecule has 2 aromatic heterocycles. The van der Waals surface area contributed by atoms with Crippen LogP contribution >= 0.6 is 0 Å². The van der Waals surface area contributed by atoms with Crippen LogP contribution in [0.1, 0.15) is 105 Å². The number of nitrogens with zero attached hydrogens (tertiary/aromatic N) is 8. The number of piperidine rings is 1. The van der Waals surface area contributed by atoms with Crippen molar-refractivity contribution in [2.75, 3.05) is 43.4 Å². The number of ether oxygens (including phenoxy) is 2. The molecule has 0 bridgehead atoms. The lowest BCUT2D eigenvalue weighted by atomic mass is 9.94. The van der Waals surface area contributed by atoms with Crippen LogP contribution in [-0.2, 0) is 27.4 Å². The van der Waals surface area contributed by atoms with Gasteiger partial charge in [-0.3, -0.25) is 9.48 Å². The summed E-state index contributed by atoms with van der Waals surface area (Å²) in [5.41, 5.74) is -0.614. The van der Waals surface area contributed by atoms with E-state index in [1.807, 2.05) is 46.4 Å². The van der Waals surface area contributed by atoms with Gasteiger partial charge in [0.1, 0.15) is 22.7 Å². The average molecular weight is 767 g/mol. The molecule has 15 nitrogen and oxygen atoms in total. The number of alkyl halides is 3. The molecule has 1 aliphatic carbocycles. The maximum atomic E-state index is 13.2. The molecule has 1 saturated carbocycles. The molecule has 54 heavy (non-hydrogen) atoms. The van der Waals surface area contributed by atoms with Crippen molar-refractivity contribution in [1.29, 1.82) is 0 Å². The largest absolute Gasteiger partial charge is 0.471 e. The highest BCUT2D eigenvalue weighted by Crippen LogP contribution is 2.26. The number of likely N-dealkylation sites (tertiary alicyclic amines) is 1. The highest BCUT2D eigenvalue weighted by molar-refractivity contribution is 5.82. The summed E-state index contributed by atoms with van der Waals surface area (Å²) in [5, 5.41) is 14.8. The fourth-order valence-corrected chi connectivity index (χ4v) is 6.45. The van der Waals surface area contributed by atoms with Gasteiger partial charge in [-0.1, -0.05) is 24.5 Å². The number of nitrogens with one attached hydrogen (secondary N) is 2. The van der Waals surface area contributed by atoms with Crippen molar-refractivity contribution in [3.63, 3.8) is 0 Å². The lowest BCUT2D eigenvalue weighted by molar-refractivity contribution is -0.186. The molecule has 18 heteroatoms. The molecule has 1 saturated heterocycles. The fraction of sp³-hybridized carbons (Fsp3) is 0.750. The first-order valence-corrected chi connectivity index (χ1v) is 18.9. The number of aromatic nitrogens is 5. The highest BCUT2D eigenvalue weighted by atomic mass is 19.4. The van der Waals surface area contributed by atoms with Crippen LogP contribution < -0.4 is 10.6 Å². The van der Waals surface area contributed by atoms with Crippen LogP contribution in [0.4, 0.5) is 34.5 Å². The molecule has 2 aliphatic rings. The molecule has 1 aliphatic heterocycles. The number of carbonyl (C=O) groups excluding carboxylic acids is 3. The SMILES string of the molecule is CC(C)(C)OC(=O)N(CCCN(C(=O)OC(C)(C)C)C1CCCCC1)CCCn1cc(CNc2nccc(NC3CCN(C(=O)C(F)(F)F)CC3)n2)nn1. The number of hydrogen-bond acceptors (Lipinski definition) is 11. The molecule has 302 valence electrons. The summed E-state index contributed by atoms with van der Waals surface area (Å²) >= 11 is 0. The van der Waals surface area contributed by atoms with Crippen LogP contribution in [0.5, 0.6) is 0 Å². The van der Waals surface area contributed by atoms with Crippen molar-refractivity contribution < 1.29 is 37.0 Å². The van der Waals surface area contributed by atoms with Gasteiger partial charge >= 0.3 is 24.3 Å². The number of amides is 3. The van der Waals surface area contributed by atoms with E-state index in [-0.39, 0.29) is 31.3 Å².